The van der Waals surface area contributed by atoms with Gasteiger partial charge in [-0.05, 0) is 31.5 Å². The Morgan fingerprint density at radius 1 is 0.812 bits per heavy atom. The number of benzene rings is 2. The van der Waals surface area contributed by atoms with Crippen molar-refractivity contribution in [3.8, 4) is 11.1 Å². The number of hydrogen-bond acceptors (Lipinski definition) is 0. The van der Waals surface area contributed by atoms with Crippen LogP contribution in [0.3, 0.4) is 0 Å². The molecule has 0 aliphatic rings. The molecular weight excluding hydrogens is 239 g/mol. The summed E-state index contributed by atoms with van der Waals surface area (Å²) in [5.74, 6) is 0. The van der Waals surface area contributed by atoms with Crippen molar-refractivity contribution in [1.29, 1.82) is 0 Å². The fourth-order valence-corrected chi connectivity index (χ4v) is 2.51. The number of hydrogen-bond donors (Lipinski definition) is 0. The largest absolute Gasteiger partial charge is 0.0836 e. The highest BCUT2D eigenvalue weighted by Gasteiger charge is 2.08. The Hall–Kier alpha value is -0.980. The van der Waals surface area contributed by atoms with Gasteiger partial charge in [-0.2, -0.15) is 0 Å². The van der Waals surface area contributed by atoms with Crippen molar-refractivity contribution >= 4 is 23.2 Å². The molecule has 0 radical (unpaired) electrons. The third-order valence-corrected chi connectivity index (χ3v) is 3.10. The Kier molecular flexibility index (Phi) is 3.22. The zero-order chi connectivity index (χ0) is 11.7. The minimum absolute atomic E-state index is 0.692. The summed E-state index contributed by atoms with van der Waals surface area (Å²) in [5, 5.41) is 1.38. The van der Waals surface area contributed by atoms with Crippen LogP contribution in [0.2, 0.25) is 10.0 Å². The summed E-state index contributed by atoms with van der Waals surface area (Å²) in [6.07, 6.45) is 0. The fraction of sp³-hybridized carbons (Fsp3) is 0.143. The summed E-state index contributed by atoms with van der Waals surface area (Å²) in [5.41, 5.74) is 4.42. The van der Waals surface area contributed by atoms with Crippen molar-refractivity contribution in [3.05, 3.63) is 57.6 Å². The molecule has 0 N–H and O–H groups in total. The van der Waals surface area contributed by atoms with Gasteiger partial charge in [0.1, 0.15) is 0 Å². The quantitative estimate of drug-likeness (QED) is 0.647. The Bertz CT molecular complexity index is 490. The van der Waals surface area contributed by atoms with Gasteiger partial charge in [0.15, 0.2) is 0 Å². The van der Waals surface area contributed by atoms with Gasteiger partial charge in [0.05, 0.1) is 0 Å². The maximum absolute atomic E-state index is 6.18. The van der Waals surface area contributed by atoms with Crippen LogP contribution < -0.4 is 0 Å². The molecule has 0 bridgehead atoms. The van der Waals surface area contributed by atoms with Gasteiger partial charge >= 0.3 is 0 Å². The van der Waals surface area contributed by atoms with Crippen LogP contribution in [0.15, 0.2) is 36.4 Å². The van der Waals surface area contributed by atoms with Crippen LogP contribution in [0.25, 0.3) is 11.1 Å². The molecular formula is C14H12Cl2. The van der Waals surface area contributed by atoms with Crippen LogP contribution in [-0.4, -0.2) is 0 Å². The molecule has 2 rings (SSSR count). The van der Waals surface area contributed by atoms with E-state index in [1.165, 1.54) is 11.1 Å². The maximum Gasteiger partial charge on any atom is 0.0499 e. The van der Waals surface area contributed by atoms with Gasteiger partial charge in [0.2, 0.25) is 0 Å². The minimum atomic E-state index is 0.692. The number of rotatable bonds is 1. The van der Waals surface area contributed by atoms with Gasteiger partial charge in [-0.3, -0.25) is 0 Å². The Balaban J connectivity index is 2.67. The molecule has 0 saturated heterocycles. The van der Waals surface area contributed by atoms with Crippen molar-refractivity contribution in [1.82, 2.24) is 0 Å². The molecule has 0 unspecified atom stereocenters. The summed E-state index contributed by atoms with van der Waals surface area (Å²) in [7, 11) is 0. The van der Waals surface area contributed by atoms with Crippen LogP contribution in [0.1, 0.15) is 11.1 Å². The smallest absolute Gasteiger partial charge is 0.0499 e. The first kappa shape index (κ1) is 11.5. The molecule has 82 valence electrons. The van der Waals surface area contributed by atoms with Crippen LogP contribution >= 0.6 is 23.2 Å². The molecule has 0 amide bonds. The molecule has 0 saturated carbocycles. The van der Waals surface area contributed by atoms with E-state index in [0.717, 1.165) is 11.1 Å². The van der Waals surface area contributed by atoms with Crippen molar-refractivity contribution in [2.75, 3.05) is 0 Å². The average molecular weight is 251 g/mol. The SMILES string of the molecule is Cc1cc(C)cc(-c2c(Cl)cccc2Cl)c1. The van der Waals surface area contributed by atoms with Crippen molar-refractivity contribution in [3.63, 3.8) is 0 Å². The number of halogens is 2. The molecule has 0 heterocycles. The van der Waals surface area contributed by atoms with E-state index in [1.807, 2.05) is 18.2 Å². The first-order valence-corrected chi connectivity index (χ1v) is 5.86. The molecule has 16 heavy (non-hydrogen) atoms. The fourth-order valence-electron chi connectivity index (χ4n) is 1.89. The highest BCUT2D eigenvalue weighted by atomic mass is 35.5. The first-order valence-electron chi connectivity index (χ1n) is 5.10. The van der Waals surface area contributed by atoms with E-state index in [9.17, 15) is 0 Å². The minimum Gasteiger partial charge on any atom is -0.0836 e. The zero-order valence-corrected chi connectivity index (χ0v) is 10.7. The highest BCUT2D eigenvalue weighted by Crippen LogP contribution is 2.35. The zero-order valence-electron chi connectivity index (χ0n) is 9.22. The number of aryl methyl sites for hydroxylation is 2. The lowest BCUT2D eigenvalue weighted by atomic mass is 10.0. The topological polar surface area (TPSA) is 0 Å². The van der Waals surface area contributed by atoms with Gasteiger partial charge in [0.25, 0.3) is 0 Å². The van der Waals surface area contributed by atoms with E-state index in [4.69, 9.17) is 23.2 Å². The Morgan fingerprint density at radius 2 is 1.31 bits per heavy atom. The van der Waals surface area contributed by atoms with Gasteiger partial charge in [0, 0.05) is 15.6 Å². The predicted octanol–water partition coefficient (Wildman–Crippen LogP) is 5.28. The summed E-state index contributed by atoms with van der Waals surface area (Å²) < 4.78 is 0. The lowest BCUT2D eigenvalue weighted by molar-refractivity contribution is 1.38. The molecule has 0 fully saturated rings. The third-order valence-electron chi connectivity index (χ3n) is 2.47. The van der Waals surface area contributed by atoms with Crippen LogP contribution in [0.5, 0.6) is 0 Å². The Morgan fingerprint density at radius 3 is 1.81 bits per heavy atom. The standard InChI is InChI=1S/C14H12Cl2/c1-9-6-10(2)8-11(7-9)14-12(15)4-3-5-13(14)16/h3-8H,1-2H3. The first-order chi connectivity index (χ1) is 7.58. The van der Waals surface area contributed by atoms with Gasteiger partial charge in [-0.15, -0.1) is 0 Å². The van der Waals surface area contributed by atoms with Crippen molar-refractivity contribution < 1.29 is 0 Å². The molecule has 0 aromatic heterocycles. The van der Waals surface area contributed by atoms with Crippen LogP contribution in [0, 0.1) is 13.8 Å². The van der Waals surface area contributed by atoms with Crippen LogP contribution in [0.4, 0.5) is 0 Å². The predicted molar refractivity (Wildman–Crippen MR) is 71.4 cm³/mol. The molecule has 2 aromatic carbocycles. The van der Waals surface area contributed by atoms with Crippen molar-refractivity contribution in [2.24, 2.45) is 0 Å². The van der Waals surface area contributed by atoms with E-state index >= 15 is 0 Å². The molecule has 2 aromatic rings. The summed E-state index contributed by atoms with van der Waals surface area (Å²) in [6.45, 7) is 4.14. The average Bonchev–Trinajstić information content (AvgIpc) is 2.15. The molecule has 0 atom stereocenters. The van der Waals surface area contributed by atoms with E-state index in [1.54, 1.807) is 0 Å². The van der Waals surface area contributed by atoms with Gasteiger partial charge < -0.3 is 0 Å². The summed E-state index contributed by atoms with van der Waals surface area (Å²) in [6, 6.07) is 11.9. The van der Waals surface area contributed by atoms with E-state index < -0.39 is 0 Å². The van der Waals surface area contributed by atoms with E-state index in [2.05, 4.69) is 32.0 Å². The Labute approximate surface area is 106 Å². The molecule has 0 spiro atoms. The second-order valence-electron chi connectivity index (χ2n) is 3.97. The summed E-state index contributed by atoms with van der Waals surface area (Å²) in [4.78, 5) is 0. The van der Waals surface area contributed by atoms with Gasteiger partial charge in [-0.1, -0.05) is 58.6 Å². The summed E-state index contributed by atoms with van der Waals surface area (Å²) >= 11 is 12.4. The lowest BCUT2D eigenvalue weighted by Crippen LogP contribution is -1.85. The lowest BCUT2D eigenvalue weighted by Gasteiger charge is -2.09. The molecule has 0 nitrogen and oxygen atoms in total. The van der Waals surface area contributed by atoms with E-state index in [0.29, 0.717) is 10.0 Å². The van der Waals surface area contributed by atoms with E-state index in [-0.39, 0.29) is 0 Å². The second kappa shape index (κ2) is 4.48. The third kappa shape index (κ3) is 2.23. The molecule has 0 aliphatic carbocycles. The normalized spacial score (nSPS) is 10.5. The highest BCUT2D eigenvalue weighted by molar-refractivity contribution is 6.39. The second-order valence-corrected chi connectivity index (χ2v) is 4.79. The molecule has 0 aliphatic heterocycles. The van der Waals surface area contributed by atoms with Gasteiger partial charge in [-0.25, -0.2) is 0 Å². The maximum atomic E-state index is 6.18. The van der Waals surface area contributed by atoms with Crippen molar-refractivity contribution in [2.45, 2.75) is 13.8 Å². The molecule has 2 heteroatoms. The monoisotopic (exact) mass is 250 g/mol. The van der Waals surface area contributed by atoms with Crippen LogP contribution in [-0.2, 0) is 0 Å².